The van der Waals surface area contributed by atoms with Gasteiger partial charge in [-0.25, -0.2) is 0 Å². The summed E-state index contributed by atoms with van der Waals surface area (Å²) in [7, 11) is 0. The van der Waals surface area contributed by atoms with E-state index < -0.39 is 0 Å². The molecule has 2 nitrogen and oxygen atoms in total. The lowest BCUT2D eigenvalue weighted by Gasteiger charge is -2.12. The Morgan fingerprint density at radius 3 is 2.69 bits per heavy atom. The normalized spacial score (nSPS) is 12.8. The first-order valence-electron chi connectivity index (χ1n) is 6.05. The van der Waals surface area contributed by atoms with Crippen molar-refractivity contribution in [1.29, 1.82) is 0 Å². The Balaban J connectivity index is 2.59. The van der Waals surface area contributed by atoms with E-state index >= 15 is 0 Å². The summed E-state index contributed by atoms with van der Waals surface area (Å²) in [5.74, 6) is 0.885. The van der Waals surface area contributed by atoms with Crippen LogP contribution in [0.25, 0.3) is 0 Å². The third kappa shape index (κ3) is 4.67. The van der Waals surface area contributed by atoms with Crippen molar-refractivity contribution in [3.05, 3.63) is 29.8 Å². The first kappa shape index (κ1) is 13.0. The van der Waals surface area contributed by atoms with Crippen molar-refractivity contribution in [3.8, 4) is 5.75 Å². The summed E-state index contributed by atoms with van der Waals surface area (Å²) in [4.78, 5) is 0. The molecule has 1 unspecified atom stereocenters. The first-order valence-corrected chi connectivity index (χ1v) is 6.05. The molecule has 16 heavy (non-hydrogen) atoms. The maximum absolute atomic E-state index is 9.73. The summed E-state index contributed by atoms with van der Waals surface area (Å²) in [5, 5.41) is 9.73. The lowest BCUT2D eigenvalue weighted by atomic mass is 10.0. The zero-order valence-electron chi connectivity index (χ0n) is 10.4. The highest BCUT2D eigenvalue weighted by Crippen LogP contribution is 2.17. The van der Waals surface area contributed by atoms with Crippen LogP contribution in [0.1, 0.15) is 39.2 Å². The van der Waals surface area contributed by atoms with Gasteiger partial charge in [-0.3, -0.25) is 0 Å². The minimum absolute atomic E-state index is 0.191. The van der Waals surface area contributed by atoms with Crippen LogP contribution in [0.15, 0.2) is 24.3 Å². The van der Waals surface area contributed by atoms with E-state index in [1.807, 2.05) is 38.1 Å². The highest BCUT2D eigenvalue weighted by atomic mass is 16.5. The molecule has 0 aliphatic heterocycles. The standard InChI is InChI=1S/C14H22O2/c1-4-6-13(15)9-12-7-5-8-14(10-12)16-11(2)3/h5,7-8,10-11,13,15H,4,6,9H2,1-3H3. The van der Waals surface area contributed by atoms with E-state index in [1.54, 1.807) is 0 Å². The van der Waals surface area contributed by atoms with E-state index in [0.717, 1.165) is 24.2 Å². The van der Waals surface area contributed by atoms with Crippen molar-refractivity contribution >= 4 is 0 Å². The summed E-state index contributed by atoms with van der Waals surface area (Å²) in [5.41, 5.74) is 1.14. The first-order chi connectivity index (χ1) is 7.61. The largest absolute Gasteiger partial charge is 0.491 e. The Kier molecular flexibility index (Phi) is 5.33. The van der Waals surface area contributed by atoms with E-state index in [0.29, 0.717) is 6.42 Å². The van der Waals surface area contributed by atoms with Gasteiger partial charge in [0.2, 0.25) is 0 Å². The van der Waals surface area contributed by atoms with Crippen molar-refractivity contribution in [2.45, 2.75) is 52.2 Å². The van der Waals surface area contributed by atoms with Crippen molar-refractivity contribution in [2.75, 3.05) is 0 Å². The van der Waals surface area contributed by atoms with Gasteiger partial charge < -0.3 is 9.84 Å². The van der Waals surface area contributed by atoms with Crippen LogP contribution in [-0.4, -0.2) is 17.3 Å². The maximum atomic E-state index is 9.73. The number of benzene rings is 1. The van der Waals surface area contributed by atoms with Crippen LogP contribution in [0.4, 0.5) is 0 Å². The molecule has 0 heterocycles. The van der Waals surface area contributed by atoms with E-state index in [2.05, 4.69) is 6.92 Å². The fourth-order valence-electron chi connectivity index (χ4n) is 1.73. The zero-order chi connectivity index (χ0) is 12.0. The molecule has 0 radical (unpaired) electrons. The summed E-state index contributed by atoms with van der Waals surface area (Å²) < 4.78 is 5.61. The third-order valence-electron chi connectivity index (χ3n) is 2.36. The van der Waals surface area contributed by atoms with Crippen LogP contribution < -0.4 is 4.74 Å². The molecule has 0 amide bonds. The fraction of sp³-hybridized carbons (Fsp3) is 0.571. The zero-order valence-corrected chi connectivity index (χ0v) is 10.4. The average molecular weight is 222 g/mol. The molecule has 90 valence electrons. The van der Waals surface area contributed by atoms with Gasteiger partial charge in [0.25, 0.3) is 0 Å². The Labute approximate surface area is 98.3 Å². The third-order valence-corrected chi connectivity index (χ3v) is 2.36. The SMILES string of the molecule is CCCC(O)Cc1cccc(OC(C)C)c1. The molecule has 0 bridgehead atoms. The van der Waals surface area contributed by atoms with Crippen LogP contribution in [0.5, 0.6) is 5.75 Å². The number of aliphatic hydroxyl groups excluding tert-OH is 1. The van der Waals surface area contributed by atoms with E-state index in [-0.39, 0.29) is 12.2 Å². The Morgan fingerprint density at radius 2 is 2.06 bits per heavy atom. The molecule has 0 aromatic heterocycles. The molecule has 0 saturated carbocycles. The van der Waals surface area contributed by atoms with Crippen molar-refractivity contribution in [2.24, 2.45) is 0 Å². The molecule has 0 saturated heterocycles. The molecular formula is C14H22O2. The van der Waals surface area contributed by atoms with Gasteiger partial charge >= 0.3 is 0 Å². The van der Waals surface area contributed by atoms with Crippen LogP contribution in [0.3, 0.4) is 0 Å². The van der Waals surface area contributed by atoms with E-state index in [4.69, 9.17) is 4.74 Å². The summed E-state index contributed by atoms with van der Waals surface area (Å²) >= 11 is 0. The second-order valence-corrected chi connectivity index (χ2v) is 4.46. The van der Waals surface area contributed by atoms with Gasteiger partial charge in [0.05, 0.1) is 12.2 Å². The number of aliphatic hydroxyl groups is 1. The predicted octanol–water partition coefficient (Wildman–Crippen LogP) is 3.18. The minimum Gasteiger partial charge on any atom is -0.491 e. The van der Waals surface area contributed by atoms with Crippen molar-refractivity contribution in [3.63, 3.8) is 0 Å². The van der Waals surface area contributed by atoms with Crippen molar-refractivity contribution in [1.82, 2.24) is 0 Å². The predicted molar refractivity (Wildman–Crippen MR) is 66.8 cm³/mol. The molecule has 1 N–H and O–H groups in total. The van der Waals surface area contributed by atoms with Gasteiger partial charge in [-0.15, -0.1) is 0 Å². The smallest absolute Gasteiger partial charge is 0.119 e. The summed E-state index contributed by atoms with van der Waals surface area (Å²) in [6.07, 6.45) is 2.54. The summed E-state index contributed by atoms with van der Waals surface area (Å²) in [6, 6.07) is 7.98. The van der Waals surface area contributed by atoms with Crippen molar-refractivity contribution < 1.29 is 9.84 Å². The minimum atomic E-state index is -0.237. The highest BCUT2D eigenvalue weighted by Gasteiger charge is 2.05. The Morgan fingerprint density at radius 1 is 1.31 bits per heavy atom. The molecule has 1 atom stereocenters. The molecular weight excluding hydrogens is 200 g/mol. The molecule has 1 rings (SSSR count). The molecule has 0 aliphatic rings. The van der Waals surface area contributed by atoms with Gasteiger partial charge in [-0.05, 0) is 44.4 Å². The number of rotatable bonds is 6. The van der Waals surface area contributed by atoms with Crippen LogP contribution in [0.2, 0.25) is 0 Å². The van der Waals surface area contributed by atoms with Gasteiger partial charge in [-0.2, -0.15) is 0 Å². The lowest BCUT2D eigenvalue weighted by molar-refractivity contribution is 0.163. The highest BCUT2D eigenvalue weighted by molar-refractivity contribution is 5.29. The quantitative estimate of drug-likeness (QED) is 0.801. The fourth-order valence-corrected chi connectivity index (χ4v) is 1.73. The molecule has 0 aliphatic carbocycles. The number of ether oxygens (including phenoxy) is 1. The average Bonchev–Trinajstić information content (AvgIpc) is 2.17. The van der Waals surface area contributed by atoms with Gasteiger partial charge in [0.1, 0.15) is 5.75 Å². The molecule has 0 spiro atoms. The van der Waals surface area contributed by atoms with E-state index in [1.165, 1.54) is 0 Å². The summed E-state index contributed by atoms with van der Waals surface area (Å²) in [6.45, 7) is 6.11. The monoisotopic (exact) mass is 222 g/mol. The molecule has 2 heteroatoms. The molecule has 0 fully saturated rings. The Bertz CT molecular complexity index is 307. The topological polar surface area (TPSA) is 29.5 Å². The molecule has 1 aromatic carbocycles. The lowest BCUT2D eigenvalue weighted by Crippen LogP contribution is -2.10. The van der Waals surface area contributed by atoms with Gasteiger partial charge in [0.15, 0.2) is 0 Å². The second kappa shape index (κ2) is 6.54. The van der Waals surface area contributed by atoms with Gasteiger partial charge in [0, 0.05) is 0 Å². The molecule has 1 aromatic rings. The maximum Gasteiger partial charge on any atom is 0.119 e. The Hall–Kier alpha value is -1.02. The van der Waals surface area contributed by atoms with Crippen LogP contribution in [-0.2, 0) is 6.42 Å². The van der Waals surface area contributed by atoms with Gasteiger partial charge in [-0.1, -0.05) is 25.5 Å². The van der Waals surface area contributed by atoms with Crippen LogP contribution in [0, 0.1) is 0 Å². The second-order valence-electron chi connectivity index (χ2n) is 4.46. The van der Waals surface area contributed by atoms with Crippen LogP contribution >= 0.6 is 0 Å². The number of hydrogen-bond acceptors (Lipinski definition) is 2. The number of hydrogen-bond donors (Lipinski definition) is 1. The van der Waals surface area contributed by atoms with E-state index in [9.17, 15) is 5.11 Å².